The smallest absolute Gasteiger partial charge is 0.224 e. The van der Waals surface area contributed by atoms with Gasteiger partial charge in [0.25, 0.3) is 0 Å². The summed E-state index contributed by atoms with van der Waals surface area (Å²) in [4.78, 5) is 20.3. The second-order valence-electron chi connectivity index (χ2n) is 5.97. The summed E-state index contributed by atoms with van der Waals surface area (Å²) in [6, 6.07) is 6.44. The first-order valence-corrected chi connectivity index (χ1v) is 8.07. The lowest BCUT2D eigenvalue weighted by atomic mass is 9.95. The summed E-state index contributed by atoms with van der Waals surface area (Å²) >= 11 is 5.83. The summed E-state index contributed by atoms with van der Waals surface area (Å²) in [5.74, 6) is -0.456. The van der Waals surface area contributed by atoms with Gasteiger partial charge in [0.2, 0.25) is 5.91 Å². The van der Waals surface area contributed by atoms with E-state index in [9.17, 15) is 15.0 Å². The van der Waals surface area contributed by atoms with Gasteiger partial charge in [0.05, 0.1) is 18.6 Å². The number of hydrogen-bond acceptors (Lipinski definition) is 5. The number of benzene rings is 1. The van der Waals surface area contributed by atoms with Crippen LogP contribution >= 0.6 is 11.6 Å². The third-order valence-corrected chi connectivity index (χ3v) is 4.56. The van der Waals surface area contributed by atoms with E-state index in [1.807, 2.05) is 0 Å². The molecule has 0 spiro atoms. The number of aromatic nitrogens is 2. The Hall–Kier alpha value is -2.02. The maximum atomic E-state index is 12.3. The van der Waals surface area contributed by atoms with E-state index in [4.69, 9.17) is 11.6 Å². The van der Waals surface area contributed by atoms with Gasteiger partial charge in [-0.3, -0.25) is 4.79 Å². The highest BCUT2D eigenvalue weighted by Gasteiger charge is 2.43. The quantitative estimate of drug-likeness (QED) is 0.769. The Kier molecular flexibility index (Phi) is 5.08. The van der Waals surface area contributed by atoms with Crippen LogP contribution in [0, 0.1) is 0 Å². The molecule has 1 heterocycles. The lowest BCUT2D eigenvalue weighted by molar-refractivity contribution is -0.122. The van der Waals surface area contributed by atoms with Crippen molar-refractivity contribution in [2.45, 2.75) is 37.0 Å². The standard InChI is InChI=1S/C17H18ClN3O3/c18-12-3-1-10(2-4-12)5-15(23)21-16-13(6-14(22)17(16)24)11-7-19-9-20-8-11/h1-4,7-9,13-14,16-17,22,24H,5-6H2,(H,21,23)/t13-,14-,16-,17-/m1/s1. The molecule has 1 aromatic heterocycles. The maximum Gasteiger partial charge on any atom is 0.224 e. The zero-order valence-corrected chi connectivity index (χ0v) is 13.6. The average molecular weight is 348 g/mol. The summed E-state index contributed by atoms with van der Waals surface area (Å²) in [6.45, 7) is 0. The third-order valence-electron chi connectivity index (χ3n) is 4.31. The minimum Gasteiger partial charge on any atom is -0.390 e. The summed E-state index contributed by atoms with van der Waals surface area (Å²) in [6.07, 6.45) is 3.30. The van der Waals surface area contributed by atoms with Crippen molar-refractivity contribution in [2.75, 3.05) is 0 Å². The molecular formula is C17H18ClN3O3. The van der Waals surface area contributed by atoms with Crippen molar-refractivity contribution in [2.24, 2.45) is 0 Å². The van der Waals surface area contributed by atoms with E-state index >= 15 is 0 Å². The van der Waals surface area contributed by atoms with Crippen molar-refractivity contribution in [3.63, 3.8) is 0 Å². The van der Waals surface area contributed by atoms with Crippen LogP contribution in [0.3, 0.4) is 0 Å². The zero-order chi connectivity index (χ0) is 17.1. The average Bonchev–Trinajstić information content (AvgIpc) is 2.86. The van der Waals surface area contributed by atoms with Gasteiger partial charge in [0.15, 0.2) is 0 Å². The van der Waals surface area contributed by atoms with Crippen molar-refractivity contribution >= 4 is 17.5 Å². The van der Waals surface area contributed by atoms with Gasteiger partial charge in [-0.1, -0.05) is 23.7 Å². The van der Waals surface area contributed by atoms with Crippen LogP contribution < -0.4 is 5.32 Å². The van der Waals surface area contributed by atoms with Crippen LogP contribution in [0.4, 0.5) is 0 Å². The Morgan fingerprint density at radius 3 is 2.54 bits per heavy atom. The number of nitrogens with zero attached hydrogens (tertiary/aromatic N) is 2. The molecule has 3 rings (SSSR count). The molecule has 4 atom stereocenters. The largest absolute Gasteiger partial charge is 0.390 e. The highest BCUT2D eigenvalue weighted by atomic mass is 35.5. The van der Waals surface area contributed by atoms with Crippen molar-refractivity contribution in [3.8, 4) is 0 Å². The number of carbonyl (C=O) groups is 1. The van der Waals surface area contributed by atoms with E-state index in [-0.39, 0.29) is 18.2 Å². The molecule has 1 fully saturated rings. The lowest BCUT2D eigenvalue weighted by Gasteiger charge is -2.23. The van der Waals surface area contributed by atoms with Crippen LogP contribution in [-0.4, -0.2) is 44.3 Å². The maximum absolute atomic E-state index is 12.3. The topological polar surface area (TPSA) is 95.3 Å². The second-order valence-corrected chi connectivity index (χ2v) is 6.40. The van der Waals surface area contributed by atoms with Gasteiger partial charge in [-0.2, -0.15) is 0 Å². The van der Waals surface area contributed by atoms with Gasteiger partial charge in [-0.15, -0.1) is 0 Å². The van der Waals surface area contributed by atoms with Crippen LogP contribution in [0.5, 0.6) is 0 Å². The summed E-state index contributed by atoms with van der Waals surface area (Å²) in [5.41, 5.74) is 1.61. The Labute approximate surface area is 144 Å². The highest BCUT2D eigenvalue weighted by Crippen LogP contribution is 2.34. The first kappa shape index (κ1) is 16.8. The Balaban J connectivity index is 1.71. The van der Waals surface area contributed by atoms with Crippen molar-refractivity contribution in [1.82, 2.24) is 15.3 Å². The van der Waals surface area contributed by atoms with Crippen LogP contribution in [0.15, 0.2) is 43.0 Å². The summed E-state index contributed by atoms with van der Waals surface area (Å²) in [7, 11) is 0. The van der Waals surface area contributed by atoms with E-state index in [2.05, 4.69) is 15.3 Å². The van der Waals surface area contributed by atoms with Crippen LogP contribution in [0.25, 0.3) is 0 Å². The predicted octanol–water partition coefficient (Wildman–Crippen LogP) is 1.07. The SMILES string of the molecule is O=C(Cc1ccc(Cl)cc1)N[C@H]1[C@H](O)[C@H](O)C[C@@H]1c1cncnc1. The molecule has 1 aliphatic rings. The fraction of sp³-hybridized carbons (Fsp3) is 0.353. The van der Waals surface area contributed by atoms with Crippen LogP contribution in [-0.2, 0) is 11.2 Å². The molecule has 0 radical (unpaired) electrons. The van der Waals surface area contributed by atoms with Crippen molar-refractivity contribution in [1.29, 1.82) is 0 Å². The van der Waals surface area contributed by atoms with Crippen molar-refractivity contribution in [3.05, 3.63) is 59.1 Å². The Morgan fingerprint density at radius 2 is 1.88 bits per heavy atom. The second kappa shape index (κ2) is 7.25. The monoisotopic (exact) mass is 347 g/mol. The molecule has 0 aliphatic heterocycles. The molecule has 6 nitrogen and oxygen atoms in total. The van der Waals surface area contributed by atoms with E-state index in [0.717, 1.165) is 11.1 Å². The van der Waals surface area contributed by atoms with Gasteiger partial charge in [0, 0.05) is 23.3 Å². The van der Waals surface area contributed by atoms with Gasteiger partial charge in [-0.25, -0.2) is 9.97 Å². The molecular weight excluding hydrogens is 330 g/mol. The summed E-state index contributed by atoms with van der Waals surface area (Å²) < 4.78 is 0. The number of aliphatic hydroxyl groups excluding tert-OH is 2. The first-order chi connectivity index (χ1) is 11.5. The van der Waals surface area contributed by atoms with Crippen molar-refractivity contribution < 1.29 is 15.0 Å². The van der Waals surface area contributed by atoms with Gasteiger partial charge < -0.3 is 15.5 Å². The summed E-state index contributed by atoms with van der Waals surface area (Å²) in [5, 5.41) is 23.6. The predicted molar refractivity (Wildman–Crippen MR) is 88.5 cm³/mol. The first-order valence-electron chi connectivity index (χ1n) is 7.69. The number of nitrogens with one attached hydrogen (secondary N) is 1. The zero-order valence-electron chi connectivity index (χ0n) is 12.8. The molecule has 1 aromatic carbocycles. The Bertz CT molecular complexity index is 696. The van der Waals surface area contributed by atoms with E-state index in [1.54, 1.807) is 36.7 Å². The number of aliphatic hydroxyl groups is 2. The Morgan fingerprint density at radius 1 is 1.21 bits per heavy atom. The number of hydrogen-bond donors (Lipinski definition) is 3. The van der Waals surface area contributed by atoms with Gasteiger partial charge >= 0.3 is 0 Å². The molecule has 126 valence electrons. The number of rotatable bonds is 4. The molecule has 0 bridgehead atoms. The number of amides is 1. The normalized spacial score (nSPS) is 26.3. The molecule has 7 heteroatoms. The van der Waals surface area contributed by atoms with E-state index in [0.29, 0.717) is 11.4 Å². The van der Waals surface area contributed by atoms with Gasteiger partial charge in [-0.05, 0) is 29.7 Å². The minimum atomic E-state index is -1.02. The van der Waals surface area contributed by atoms with Gasteiger partial charge in [0.1, 0.15) is 12.4 Å². The molecule has 1 aliphatic carbocycles. The number of halogens is 1. The fourth-order valence-electron chi connectivity index (χ4n) is 3.08. The molecule has 0 unspecified atom stereocenters. The minimum absolute atomic E-state index is 0.175. The molecule has 0 saturated heterocycles. The molecule has 24 heavy (non-hydrogen) atoms. The van der Waals surface area contributed by atoms with E-state index in [1.165, 1.54) is 6.33 Å². The highest BCUT2D eigenvalue weighted by molar-refractivity contribution is 6.30. The number of carbonyl (C=O) groups excluding carboxylic acids is 1. The van der Waals surface area contributed by atoms with E-state index < -0.39 is 18.2 Å². The molecule has 3 N–H and O–H groups in total. The fourth-order valence-corrected chi connectivity index (χ4v) is 3.21. The molecule has 1 amide bonds. The van der Waals surface area contributed by atoms with Crippen LogP contribution in [0.1, 0.15) is 23.5 Å². The molecule has 2 aromatic rings. The van der Waals surface area contributed by atoms with Crippen LogP contribution in [0.2, 0.25) is 5.02 Å². The lowest BCUT2D eigenvalue weighted by Crippen LogP contribution is -2.45. The molecule has 1 saturated carbocycles. The third kappa shape index (κ3) is 3.72.